The Morgan fingerprint density at radius 1 is 1.07 bits per heavy atom. The van der Waals surface area contributed by atoms with Crippen LogP contribution in [0.3, 0.4) is 0 Å². The van der Waals surface area contributed by atoms with Crippen LogP contribution in [0.4, 0.5) is 0 Å². The van der Waals surface area contributed by atoms with Crippen molar-refractivity contribution in [2.45, 2.75) is 6.92 Å². The van der Waals surface area contributed by atoms with Crippen LogP contribution in [-0.4, -0.2) is 42.7 Å². The van der Waals surface area contributed by atoms with Crippen molar-refractivity contribution in [3.63, 3.8) is 0 Å². The molecule has 27 heavy (non-hydrogen) atoms. The molecule has 0 saturated carbocycles. The van der Waals surface area contributed by atoms with Crippen LogP contribution in [0.1, 0.15) is 16.2 Å². The minimum absolute atomic E-state index is 0.0366. The second kappa shape index (κ2) is 9.79. The quantitative estimate of drug-likeness (QED) is 0.559. The topological polar surface area (TPSA) is 123 Å². The molecule has 3 amide bonds. The fourth-order valence-corrected chi connectivity index (χ4v) is 2.08. The number of rotatable bonds is 8. The van der Waals surface area contributed by atoms with Gasteiger partial charge in [-0.3, -0.25) is 14.4 Å². The molecule has 0 saturated heterocycles. The number of hydrogen-bond acceptors (Lipinski definition) is 6. The van der Waals surface area contributed by atoms with E-state index in [2.05, 4.69) is 21.1 Å². The number of benzene rings is 1. The van der Waals surface area contributed by atoms with E-state index < -0.39 is 17.7 Å². The predicted octanol–water partition coefficient (Wildman–Crippen LogP) is 1.29. The van der Waals surface area contributed by atoms with E-state index in [0.29, 0.717) is 21.5 Å². The van der Waals surface area contributed by atoms with Crippen LogP contribution in [0.5, 0.6) is 5.75 Å². The fraction of sp³-hybridized carbons (Fsp3) is 0.250. The maximum atomic E-state index is 11.7. The summed E-state index contributed by atoms with van der Waals surface area (Å²) in [6, 6.07) is 6.04. The summed E-state index contributed by atoms with van der Waals surface area (Å²) in [6.07, 6.45) is 0. The molecule has 0 unspecified atom stereocenters. The monoisotopic (exact) mass is 414 g/mol. The van der Waals surface area contributed by atoms with Crippen molar-refractivity contribution in [2.24, 2.45) is 0 Å². The molecule has 0 aliphatic carbocycles. The third kappa shape index (κ3) is 6.80. The summed E-state index contributed by atoms with van der Waals surface area (Å²) in [6.45, 7) is 0.969. The maximum Gasteiger partial charge on any atom is 0.291 e. The Balaban J connectivity index is 1.62. The Hall–Kier alpha value is -2.78. The lowest BCUT2D eigenvalue weighted by Crippen LogP contribution is -2.43. The van der Waals surface area contributed by atoms with E-state index in [1.165, 1.54) is 12.1 Å². The first kappa shape index (κ1) is 20.5. The highest BCUT2D eigenvalue weighted by Crippen LogP contribution is 2.26. The summed E-state index contributed by atoms with van der Waals surface area (Å²) < 4.78 is 10.0. The molecule has 2 aromatic rings. The molecule has 0 aliphatic rings. The summed E-state index contributed by atoms with van der Waals surface area (Å²) in [5.74, 6) is -1.11. The summed E-state index contributed by atoms with van der Waals surface area (Å²) >= 11 is 11.6. The van der Waals surface area contributed by atoms with Crippen LogP contribution in [0.15, 0.2) is 28.8 Å². The van der Waals surface area contributed by atoms with E-state index in [1.54, 1.807) is 19.1 Å². The Morgan fingerprint density at radius 2 is 1.85 bits per heavy atom. The summed E-state index contributed by atoms with van der Waals surface area (Å²) in [5, 5.41) is 11.5. The number of nitrogens with one attached hydrogen (secondary N) is 3. The molecule has 1 aromatic heterocycles. The molecule has 0 fully saturated rings. The molecule has 2 rings (SSSR count). The number of amides is 3. The molecule has 0 spiro atoms. The number of aryl methyl sites for hydroxylation is 1. The van der Waals surface area contributed by atoms with Gasteiger partial charge in [0.05, 0.1) is 29.0 Å². The molecule has 0 bridgehead atoms. The zero-order chi connectivity index (χ0) is 19.8. The van der Waals surface area contributed by atoms with E-state index in [0.717, 1.165) is 0 Å². The molecule has 0 atom stereocenters. The molecular weight excluding hydrogens is 399 g/mol. The maximum absolute atomic E-state index is 11.7. The predicted molar refractivity (Wildman–Crippen MR) is 96.7 cm³/mol. The van der Waals surface area contributed by atoms with Crippen molar-refractivity contribution in [3.8, 4) is 5.75 Å². The highest BCUT2D eigenvalue weighted by molar-refractivity contribution is 6.42. The second-order valence-corrected chi connectivity index (χ2v) is 6.07. The van der Waals surface area contributed by atoms with Crippen LogP contribution in [-0.2, 0) is 9.59 Å². The van der Waals surface area contributed by atoms with Gasteiger partial charge in [0, 0.05) is 12.1 Å². The van der Waals surface area contributed by atoms with E-state index in [-0.39, 0.29) is 25.6 Å². The average Bonchev–Trinajstić information content (AvgIpc) is 3.07. The number of ether oxygens (including phenoxy) is 1. The first-order valence-electron chi connectivity index (χ1n) is 7.68. The normalized spacial score (nSPS) is 10.2. The molecule has 9 nitrogen and oxygen atoms in total. The molecule has 0 aliphatic heterocycles. The fourth-order valence-electron chi connectivity index (χ4n) is 1.79. The van der Waals surface area contributed by atoms with Crippen molar-refractivity contribution in [1.29, 1.82) is 0 Å². The standard InChI is InChI=1S/C16H16Cl2N4O5/c1-9-4-13(27-22-9)16(25)21-8-20-14(23)6-19-15(24)7-26-10-2-3-11(17)12(18)5-10/h2-5H,6-8H2,1H3,(H,19,24)(H,20,23)(H,21,25). The van der Waals surface area contributed by atoms with Gasteiger partial charge < -0.3 is 25.2 Å². The Labute approximate surface area is 164 Å². The lowest BCUT2D eigenvalue weighted by molar-refractivity contribution is -0.127. The largest absolute Gasteiger partial charge is 0.484 e. The number of carbonyl (C=O) groups excluding carboxylic acids is 3. The van der Waals surface area contributed by atoms with Crippen LogP contribution >= 0.6 is 23.2 Å². The van der Waals surface area contributed by atoms with Crippen molar-refractivity contribution >= 4 is 40.9 Å². The van der Waals surface area contributed by atoms with Gasteiger partial charge in [0.1, 0.15) is 5.75 Å². The number of carbonyl (C=O) groups is 3. The van der Waals surface area contributed by atoms with Crippen molar-refractivity contribution in [1.82, 2.24) is 21.1 Å². The highest BCUT2D eigenvalue weighted by atomic mass is 35.5. The molecule has 1 aromatic carbocycles. The van der Waals surface area contributed by atoms with Gasteiger partial charge in [-0.05, 0) is 19.1 Å². The van der Waals surface area contributed by atoms with Gasteiger partial charge in [0.2, 0.25) is 11.7 Å². The number of halogens is 2. The molecule has 1 heterocycles. The summed E-state index contributed by atoms with van der Waals surface area (Å²) in [7, 11) is 0. The van der Waals surface area contributed by atoms with Gasteiger partial charge >= 0.3 is 0 Å². The first-order valence-corrected chi connectivity index (χ1v) is 8.43. The number of aromatic nitrogens is 1. The number of hydrogen-bond donors (Lipinski definition) is 3. The Morgan fingerprint density at radius 3 is 2.52 bits per heavy atom. The highest BCUT2D eigenvalue weighted by Gasteiger charge is 2.11. The Bertz CT molecular complexity index is 840. The lowest BCUT2D eigenvalue weighted by atomic mass is 10.3. The molecular formula is C16H16Cl2N4O5. The van der Waals surface area contributed by atoms with Crippen molar-refractivity contribution < 1.29 is 23.6 Å². The van der Waals surface area contributed by atoms with Crippen LogP contribution in [0.25, 0.3) is 0 Å². The average molecular weight is 415 g/mol. The smallest absolute Gasteiger partial charge is 0.291 e. The third-order valence-electron chi connectivity index (χ3n) is 3.09. The lowest BCUT2D eigenvalue weighted by Gasteiger charge is -2.09. The van der Waals surface area contributed by atoms with E-state index >= 15 is 0 Å². The van der Waals surface area contributed by atoms with E-state index in [9.17, 15) is 14.4 Å². The Kier molecular flexibility index (Phi) is 7.44. The van der Waals surface area contributed by atoms with Gasteiger partial charge in [0.15, 0.2) is 6.61 Å². The zero-order valence-electron chi connectivity index (χ0n) is 14.2. The van der Waals surface area contributed by atoms with Crippen LogP contribution in [0.2, 0.25) is 10.0 Å². The SMILES string of the molecule is Cc1cc(C(=O)NCNC(=O)CNC(=O)COc2ccc(Cl)c(Cl)c2)on1. The summed E-state index contributed by atoms with van der Waals surface area (Å²) in [4.78, 5) is 35.0. The van der Waals surface area contributed by atoms with Gasteiger partial charge in [-0.1, -0.05) is 28.4 Å². The minimum atomic E-state index is -0.519. The molecule has 3 N–H and O–H groups in total. The third-order valence-corrected chi connectivity index (χ3v) is 3.83. The van der Waals surface area contributed by atoms with Gasteiger partial charge in [-0.25, -0.2) is 0 Å². The van der Waals surface area contributed by atoms with E-state index in [4.69, 9.17) is 32.5 Å². The van der Waals surface area contributed by atoms with Crippen molar-refractivity contribution in [3.05, 3.63) is 45.8 Å². The zero-order valence-corrected chi connectivity index (χ0v) is 15.7. The van der Waals surface area contributed by atoms with E-state index in [1.807, 2.05) is 0 Å². The first-order chi connectivity index (χ1) is 12.8. The number of nitrogens with zero attached hydrogens (tertiary/aromatic N) is 1. The molecule has 11 heteroatoms. The molecule has 0 radical (unpaired) electrons. The molecule has 144 valence electrons. The summed E-state index contributed by atoms with van der Waals surface area (Å²) in [5.41, 5.74) is 0.565. The van der Waals surface area contributed by atoms with Gasteiger partial charge in [0.25, 0.3) is 11.8 Å². The van der Waals surface area contributed by atoms with Crippen LogP contribution in [0, 0.1) is 6.92 Å². The van der Waals surface area contributed by atoms with Crippen molar-refractivity contribution in [2.75, 3.05) is 19.8 Å². The van der Waals surface area contributed by atoms with Gasteiger partial charge in [-0.15, -0.1) is 0 Å². The van der Waals surface area contributed by atoms with Crippen LogP contribution < -0.4 is 20.7 Å². The van der Waals surface area contributed by atoms with Gasteiger partial charge in [-0.2, -0.15) is 0 Å². The minimum Gasteiger partial charge on any atom is -0.484 e. The second-order valence-electron chi connectivity index (χ2n) is 5.26.